The van der Waals surface area contributed by atoms with Gasteiger partial charge in [0.05, 0.1) is 5.41 Å². The predicted octanol–water partition coefficient (Wildman–Crippen LogP) is 16.8. The van der Waals surface area contributed by atoms with E-state index in [9.17, 15) is 0 Å². The van der Waals surface area contributed by atoms with Crippen molar-refractivity contribution in [3.63, 3.8) is 0 Å². The van der Waals surface area contributed by atoms with E-state index in [0.717, 1.165) is 0 Å². The van der Waals surface area contributed by atoms with Gasteiger partial charge >= 0.3 is 0 Å². The van der Waals surface area contributed by atoms with Gasteiger partial charge in [0, 0.05) is 0 Å². The van der Waals surface area contributed by atoms with Crippen LogP contribution in [-0.4, -0.2) is 0 Å². The van der Waals surface area contributed by atoms with E-state index in [1.807, 2.05) is 0 Å². The number of hydrogen-bond donors (Lipinski definition) is 0. The molecule has 63 heavy (non-hydrogen) atoms. The Hall–Kier alpha value is -8.06. The van der Waals surface area contributed by atoms with Gasteiger partial charge in [-0.25, -0.2) is 0 Å². The first kappa shape index (κ1) is 35.7. The molecule has 13 rings (SSSR count). The van der Waals surface area contributed by atoms with Crippen molar-refractivity contribution in [3.05, 3.63) is 265 Å². The quantitative estimate of drug-likeness (QED) is 0.147. The summed E-state index contributed by atoms with van der Waals surface area (Å²) in [6.07, 6.45) is 0. The smallest absolute Gasteiger partial charge is 0.0622 e. The molecule has 0 aromatic heterocycles. The van der Waals surface area contributed by atoms with Crippen LogP contribution in [0.5, 0.6) is 0 Å². The fraction of sp³-hybridized carbons (Fsp3) is 0.0159. The van der Waals surface area contributed by atoms with Gasteiger partial charge in [-0.05, 0) is 145 Å². The molecule has 12 aromatic carbocycles. The Balaban J connectivity index is 1.10. The number of benzene rings is 12. The Bertz CT molecular complexity index is 3600. The molecule has 12 aromatic rings. The summed E-state index contributed by atoms with van der Waals surface area (Å²) in [5.74, 6) is 0. The third-order valence-electron chi connectivity index (χ3n) is 13.9. The molecule has 0 nitrogen and oxygen atoms in total. The van der Waals surface area contributed by atoms with Gasteiger partial charge in [-0.2, -0.15) is 0 Å². The first-order valence-corrected chi connectivity index (χ1v) is 22.0. The van der Waals surface area contributed by atoms with Crippen LogP contribution in [0.25, 0.3) is 98.7 Å². The minimum atomic E-state index is -0.518. The van der Waals surface area contributed by atoms with E-state index in [1.165, 1.54) is 121 Å². The van der Waals surface area contributed by atoms with E-state index in [1.54, 1.807) is 0 Å². The summed E-state index contributed by atoms with van der Waals surface area (Å²) in [5, 5.41) is 10.2. The minimum Gasteiger partial charge on any atom is -0.0622 e. The molecule has 0 aliphatic heterocycles. The van der Waals surface area contributed by atoms with Crippen molar-refractivity contribution in [2.75, 3.05) is 0 Å². The van der Waals surface area contributed by atoms with E-state index in [0.29, 0.717) is 0 Å². The zero-order valence-electron chi connectivity index (χ0n) is 34.6. The van der Waals surface area contributed by atoms with Crippen molar-refractivity contribution in [2.45, 2.75) is 5.41 Å². The molecular formula is C63H40. The van der Waals surface area contributed by atoms with E-state index in [4.69, 9.17) is 0 Å². The second-order valence-electron chi connectivity index (χ2n) is 17.1. The van der Waals surface area contributed by atoms with Crippen molar-refractivity contribution >= 4 is 43.1 Å². The second kappa shape index (κ2) is 14.0. The van der Waals surface area contributed by atoms with Gasteiger partial charge in [0.1, 0.15) is 0 Å². The Morgan fingerprint density at radius 2 is 0.730 bits per heavy atom. The van der Waals surface area contributed by atoms with Crippen LogP contribution in [0.4, 0.5) is 0 Å². The summed E-state index contributed by atoms with van der Waals surface area (Å²) in [6, 6.07) is 90.5. The summed E-state index contributed by atoms with van der Waals surface area (Å²) in [4.78, 5) is 0. The lowest BCUT2D eigenvalue weighted by atomic mass is 9.66. The molecule has 0 spiro atoms. The fourth-order valence-corrected chi connectivity index (χ4v) is 11.2. The van der Waals surface area contributed by atoms with Crippen LogP contribution in [0.1, 0.15) is 22.3 Å². The third kappa shape index (κ3) is 5.28. The lowest BCUT2D eigenvalue weighted by Gasteiger charge is -2.35. The molecule has 0 amide bonds. The summed E-state index contributed by atoms with van der Waals surface area (Å²) in [6.45, 7) is 0. The molecule has 0 radical (unpaired) electrons. The van der Waals surface area contributed by atoms with E-state index in [-0.39, 0.29) is 0 Å². The van der Waals surface area contributed by atoms with Crippen molar-refractivity contribution in [1.29, 1.82) is 0 Å². The molecule has 1 aliphatic rings. The molecule has 1 aliphatic carbocycles. The minimum absolute atomic E-state index is 0.518. The standard InChI is InChI=1S/C63H40/c1-5-17-41(18-6-1)46-37-47(42-19-7-2-8-20-42)39-48(38-46)51-33-29-43-32-36-55-53(34-30-44-31-35-54(51)59(43)60(44)55)57-40-45-21-13-14-26-52(45)62-61(57)56-27-15-16-28-58(56)63(62,49-22-9-3-10-23-49)50-24-11-4-12-25-50/h1-40H. The van der Waals surface area contributed by atoms with Crippen molar-refractivity contribution in [2.24, 2.45) is 0 Å². The van der Waals surface area contributed by atoms with Gasteiger partial charge in [-0.15, -0.1) is 0 Å². The highest BCUT2D eigenvalue weighted by atomic mass is 14.5. The van der Waals surface area contributed by atoms with Gasteiger partial charge in [-0.1, -0.05) is 218 Å². The normalized spacial score (nSPS) is 12.9. The maximum Gasteiger partial charge on any atom is 0.0719 e. The average Bonchev–Trinajstić information content (AvgIpc) is 3.68. The van der Waals surface area contributed by atoms with Crippen LogP contribution >= 0.6 is 0 Å². The molecule has 0 heteroatoms. The van der Waals surface area contributed by atoms with Gasteiger partial charge in [-0.3, -0.25) is 0 Å². The Morgan fingerprint density at radius 3 is 1.35 bits per heavy atom. The molecule has 0 bridgehead atoms. The summed E-state index contributed by atoms with van der Waals surface area (Å²) in [5.41, 5.74) is 17.2. The first-order valence-electron chi connectivity index (χ1n) is 22.0. The SMILES string of the molecule is c1ccc(-c2cc(-c3ccccc3)cc(-c3ccc4ccc5c(-c6cc7ccccc7c7c6-c6ccccc6C7(c6ccccc6)c6ccccc6)ccc6ccc3c4c65)c2)cc1. The van der Waals surface area contributed by atoms with Crippen LogP contribution in [0.15, 0.2) is 243 Å². The van der Waals surface area contributed by atoms with Crippen LogP contribution in [0, 0.1) is 0 Å². The molecule has 0 saturated heterocycles. The summed E-state index contributed by atoms with van der Waals surface area (Å²) in [7, 11) is 0. The molecule has 0 unspecified atom stereocenters. The van der Waals surface area contributed by atoms with Crippen LogP contribution in [0.2, 0.25) is 0 Å². The maximum atomic E-state index is 2.47. The first-order chi connectivity index (χ1) is 31.3. The highest BCUT2D eigenvalue weighted by Gasteiger charge is 2.48. The summed E-state index contributed by atoms with van der Waals surface area (Å²) >= 11 is 0. The predicted molar refractivity (Wildman–Crippen MR) is 267 cm³/mol. The van der Waals surface area contributed by atoms with Gasteiger partial charge in [0.25, 0.3) is 0 Å². The molecular weight excluding hydrogens is 757 g/mol. The largest absolute Gasteiger partial charge is 0.0719 e. The molecule has 0 atom stereocenters. The Morgan fingerprint density at radius 1 is 0.254 bits per heavy atom. The van der Waals surface area contributed by atoms with Crippen molar-refractivity contribution in [3.8, 4) is 55.6 Å². The topological polar surface area (TPSA) is 0 Å². The van der Waals surface area contributed by atoms with Crippen molar-refractivity contribution < 1.29 is 0 Å². The average molecular weight is 797 g/mol. The molecule has 292 valence electrons. The van der Waals surface area contributed by atoms with Crippen LogP contribution in [-0.2, 0) is 5.41 Å². The highest BCUT2D eigenvalue weighted by Crippen LogP contribution is 2.61. The van der Waals surface area contributed by atoms with Crippen LogP contribution < -0.4 is 0 Å². The lowest BCUT2D eigenvalue weighted by Crippen LogP contribution is -2.28. The second-order valence-corrected chi connectivity index (χ2v) is 17.1. The molecule has 0 saturated carbocycles. The monoisotopic (exact) mass is 796 g/mol. The van der Waals surface area contributed by atoms with E-state index < -0.39 is 5.41 Å². The summed E-state index contributed by atoms with van der Waals surface area (Å²) < 4.78 is 0. The lowest BCUT2D eigenvalue weighted by molar-refractivity contribution is 0.775. The Labute approximate surface area is 367 Å². The molecule has 0 fully saturated rings. The maximum absolute atomic E-state index is 2.47. The van der Waals surface area contributed by atoms with Crippen molar-refractivity contribution in [1.82, 2.24) is 0 Å². The number of fused-ring (bicyclic) bond motifs is 5. The zero-order chi connectivity index (χ0) is 41.5. The number of rotatable bonds is 6. The molecule has 0 heterocycles. The van der Waals surface area contributed by atoms with E-state index in [2.05, 4.69) is 243 Å². The number of hydrogen-bond acceptors (Lipinski definition) is 0. The fourth-order valence-electron chi connectivity index (χ4n) is 11.2. The third-order valence-corrected chi connectivity index (χ3v) is 13.9. The zero-order valence-corrected chi connectivity index (χ0v) is 34.6. The Kier molecular flexibility index (Phi) is 7.92. The van der Waals surface area contributed by atoms with E-state index >= 15 is 0 Å². The molecule has 0 N–H and O–H groups in total. The van der Waals surface area contributed by atoms with Crippen LogP contribution in [0.3, 0.4) is 0 Å². The van der Waals surface area contributed by atoms with Gasteiger partial charge < -0.3 is 0 Å². The van der Waals surface area contributed by atoms with Gasteiger partial charge in [0.2, 0.25) is 0 Å². The van der Waals surface area contributed by atoms with Gasteiger partial charge in [0.15, 0.2) is 0 Å². The highest BCUT2D eigenvalue weighted by molar-refractivity contribution is 6.28.